The normalized spacial score (nSPS) is 12.9. The van der Waals surface area contributed by atoms with Crippen molar-refractivity contribution in [2.75, 3.05) is 20.8 Å². The summed E-state index contributed by atoms with van der Waals surface area (Å²) < 4.78 is 16.2. The maximum absolute atomic E-state index is 12.5. The van der Waals surface area contributed by atoms with Crippen molar-refractivity contribution < 1.29 is 18.8 Å². The highest BCUT2D eigenvalue weighted by Gasteiger charge is 2.16. The molecule has 2 aromatic carbocycles. The standard InChI is InChI=1S/C23H25N3O4/c1-26(14-21-24-23(25-30-21)17-8-10-19(28-2)11-9-17)22(27)15-29-20-12-7-16-5-3-4-6-18(16)13-20/h7-13H,3-6,14-15H2,1-2H3. The van der Waals surface area contributed by atoms with Crippen molar-refractivity contribution in [3.8, 4) is 22.9 Å². The molecule has 1 heterocycles. The first kappa shape index (κ1) is 19.9. The number of fused-ring (bicyclic) bond motifs is 1. The van der Waals surface area contributed by atoms with Crippen LogP contribution in [0.25, 0.3) is 11.4 Å². The van der Waals surface area contributed by atoms with E-state index in [2.05, 4.69) is 22.3 Å². The van der Waals surface area contributed by atoms with E-state index in [0.717, 1.165) is 29.9 Å². The molecule has 7 nitrogen and oxygen atoms in total. The molecule has 0 unspecified atom stereocenters. The largest absolute Gasteiger partial charge is 0.497 e. The maximum atomic E-state index is 12.5. The van der Waals surface area contributed by atoms with Gasteiger partial charge < -0.3 is 18.9 Å². The first-order valence-electron chi connectivity index (χ1n) is 10.1. The average molecular weight is 407 g/mol. The molecule has 0 atom stereocenters. The van der Waals surface area contributed by atoms with Crippen molar-refractivity contribution in [1.29, 1.82) is 0 Å². The molecule has 0 bridgehead atoms. The van der Waals surface area contributed by atoms with Crippen molar-refractivity contribution >= 4 is 5.91 Å². The summed E-state index contributed by atoms with van der Waals surface area (Å²) in [6.07, 6.45) is 4.65. The summed E-state index contributed by atoms with van der Waals surface area (Å²) in [7, 11) is 3.30. The SMILES string of the molecule is COc1ccc(-c2noc(CN(C)C(=O)COc3ccc4c(c3)CCCC4)n2)cc1. The van der Waals surface area contributed by atoms with Crippen molar-refractivity contribution in [3.63, 3.8) is 0 Å². The molecular formula is C23H25N3O4. The van der Waals surface area contributed by atoms with E-state index < -0.39 is 0 Å². The van der Waals surface area contributed by atoms with Crippen LogP contribution in [-0.4, -0.2) is 41.7 Å². The van der Waals surface area contributed by atoms with Gasteiger partial charge in [-0.15, -0.1) is 0 Å². The number of rotatable bonds is 7. The number of hydrogen-bond donors (Lipinski definition) is 0. The molecule has 4 rings (SSSR count). The van der Waals surface area contributed by atoms with E-state index in [-0.39, 0.29) is 19.1 Å². The maximum Gasteiger partial charge on any atom is 0.260 e. The van der Waals surface area contributed by atoms with Crippen LogP contribution in [-0.2, 0) is 24.2 Å². The van der Waals surface area contributed by atoms with Gasteiger partial charge in [-0.25, -0.2) is 0 Å². The minimum atomic E-state index is -0.156. The van der Waals surface area contributed by atoms with Crippen LogP contribution in [0.2, 0.25) is 0 Å². The summed E-state index contributed by atoms with van der Waals surface area (Å²) in [6.45, 7) is 0.185. The fourth-order valence-electron chi connectivity index (χ4n) is 3.52. The molecule has 1 aliphatic carbocycles. The Morgan fingerprint density at radius 1 is 1.07 bits per heavy atom. The molecule has 1 amide bonds. The Morgan fingerprint density at radius 2 is 1.80 bits per heavy atom. The molecule has 1 aromatic heterocycles. The number of aromatic nitrogens is 2. The molecule has 0 radical (unpaired) electrons. The van der Waals surface area contributed by atoms with Crippen LogP contribution in [0.3, 0.4) is 0 Å². The van der Waals surface area contributed by atoms with E-state index in [0.29, 0.717) is 11.7 Å². The molecular weight excluding hydrogens is 382 g/mol. The van der Waals surface area contributed by atoms with Gasteiger partial charge in [0.15, 0.2) is 6.61 Å². The highest BCUT2D eigenvalue weighted by atomic mass is 16.5. The van der Waals surface area contributed by atoms with Gasteiger partial charge in [0.2, 0.25) is 11.7 Å². The van der Waals surface area contributed by atoms with Gasteiger partial charge in [-0.2, -0.15) is 4.98 Å². The monoisotopic (exact) mass is 407 g/mol. The molecule has 0 fully saturated rings. The van der Waals surface area contributed by atoms with Crippen LogP contribution in [0.5, 0.6) is 11.5 Å². The fraction of sp³-hybridized carbons (Fsp3) is 0.348. The van der Waals surface area contributed by atoms with Crippen molar-refractivity contribution in [3.05, 3.63) is 59.5 Å². The highest BCUT2D eigenvalue weighted by molar-refractivity contribution is 5.77. The number of nitrogens with zero attached hydrogens (tertiary/aromatic N) is 3. The van der Waals surface area contributed by atoms with E-state index in [4.69, 9.17) is 14.0 Å². The smallest absolute Gasteiger partial charge is 0.260 e. The molecule has 156 valence electrons. The molecule has 30 heavy (non-hydrogen) atoms. The summed E-state index contributed by atoms with van der Waals surface area (Å²) in [5, 5.41) is 3.99. The Kier molecular flexibility index (Phi) is 5.97. The zero-order chi connectivity index (χ0) is 20.9. The third-order valence-corrected chi connectivity index (χ3v) is 5.30. The number of ether oxygens (including phenoxy) is 2. The molecule has 0 spiro atoms. The Morgan fingerprint density at radius 3 is 2.57 bits per heavy atom. The van der Waals surface area contributed by atoms with Crippen LogP contribution in [0.15, 0.2) is 47.0 Å². The minimum absolute atomic E-state index is 0.0330. The number of amides is 1. The number of benzene rings is 2. The van der Waals surface area contributed by atoms with E-state index in [1.807, 2.05) is 30.3 Å². The predicted octanol–water partition coefficient (Wildman–Crippen LogP) is 3.66. The first-order valence-corrected chi connectivity index (χ1v) is 10.1. The number of aryl methyl sites for hydroxylation is 2. The van der Waals surface area contributed by atoms with E-state index >= 15 is 0 Å². The lowest BCUT2D eigenvalue weighted by atomic mass is 9.92. The molecule has 0 aliphatic heterocycles. The van der Waals surface area contributed by atoms with Gasteiger partial charge in [0.05, 0.1) is 13.7 Å². The first-order chi connectivity index (χ1) is 14.6. The van der Waals surface area contributed by atoms with Crippen LogP contribution in [0.4, 0.5) is 0 Å². The predicted molar refractivity (Wildman–Crippen MR) is 111 cm³/mol. The number of carbonyl (C=O) groups excluding carboxylic acids is 1. The van der Waals surface area contributed by atoms with Gasteiger partial charge in [0.25, 0.3) is 5.91 Å². The second-order valence-electron chi connectivity index (χ2n) is 7.42. The van der Waals surface area contributed by atoms with Crippen molar-refractivity contribution in [1.82, 2.24) is 15.0 Å². The van der Waals surface area contributed by atoms with Crippen LogP contribution in [0.1, 0.15) is 29.9 Å². The zero-order valence-corrected chi connectivity index (χ0v) is 17.3. The third-order valence-electron chi connectivity index (χ3n) is 5.30. The fourth-order valence-corrected chi connectivity index (χ4v) is 3.52. The zero-order valence-electron chi connectivity index (χ0n) is 17.3. The molecule has 0 saturated heterocycles. The summed E-state index contributed by atoms with van der Waals surface area (Å²) in [5.74, 6) is 2.17. The highest BCUT2D eigenvalue weighted by Crippen LogP contribution is 2.25. The summed E-state index contributed by atoms with van der Waals surface area (Å²) in [6, 6.07) is 13.5. The Hall–Kier alpha value is -3.35. The summed E-state index contributed by atoms with van der Waals surface area (Å²) in [4.78, 5) is 18.3. The topological polar surface area (TPSA) is 77.7 Å². The molecule has 7 heteroatoms. The van der Waals surface area contributed by atoms with Crippen LogP contribution < -0.4 is 9.47 Å². The van der Waals surface area contributed by atoms with E-state index in [9.17, 15) is 4.79 Å². The Labute approximate surface area is 175 Å². The molecule has 0 saturated carbocycles. The number of hydrogen-bond acceptors (Lipinski definition) is 6. The van der Waals surface area contributed by atoms with Crippen LogP contribution >= 0.6 is 0 Å². The van der Waals surface area contributed by atoms with Gasteiger partial charge >= 0.3 is 0 Å². The lowest BCUT2D eigenvalue weighted by molar-refractivity contribution is -0.132. The molecule has 1 aliphatic rings. The second kappa shape index (κ2) is 8.98. The minimum Gasteiger partial charge on any atom is -0.497 e. The molecule has 0 N–H and O–H groups in total. The summed E-state index contributed by atoms with van der Waals surface area (Å²) in [5.41, 5.74) is 3.54. The van der Waals surface area contributed by atoms with Crippen molar-refractivity contribution in [2.24, 2.45) is 0 Å². The number of carbonyl (C=O) groups is 1. The van der Waals surface area contributed by atoms with E-state index in [1.54, 1.807) is 14.2 Å². The average Bonchev–Trinajstić information content (AvgIpc) is 3.25. The van der Waals surface area contributed by atoms with Gasteiger partial charge in [-0.1, -0.05) is 11.2 Å². The number of methoxy groups -OCH3 is 1. The van der Waals surface area contributed by atoms with Crippen LogP contribution in [0, 0.1) is 0 Å². The van der Waals surface area contributed by atoms with E-state index in [1.165, 1.54) is 28.9 Å². The Balaban J connectivity index is 1.32. The third kappa shape index (κ3) is 4.62. The second-order valence-corrected chi connectivity index (χ2v) is 7.42. The molecule has 3 aromatic rings. The van der Waals surface area contributed by atoms with Gasteiger partial charge in [-0.05, 0) is 73.2 Å². The van der Waals surface area contributed by atoms with Gasteiger partial charge in [0, 0.05) is 12.6 Å². The summed E-state index contributed by atoms with van der Waals surface area (Å²) >= 11 is 0. The van der Waals surface area contributed by atoms with Gasteiger partial charge in [-0.3, -0.25) is 4.79 Å². The lowest BCUT2D eigenvalue weighted by Crippen LogP contribution is -2.31. The van der Waals surface area contributed by atoms with Gasteiger partial charge in [0.1, 0.15) is 11.5 Å². The quantitative estimate of drug-likeness (QED) is 0.595. The number of likely N-dealkylation sites (N-methyl/N-ethyl adjacent to an activating group) is 1. The lowest BCUT2D eigenvalue weighted by Gasteiger charge is -2.18. The Bertz CT molecular complexity index is 1010. The van der Waals surface area contributed by atoms with Crippen molar-refractivity contribution in [2.45, 2.75) is 32.2 Å².